The minimum Gasteiger partial charge on any atom is -0.462 e. The fourth-order valence-corrected chi connectivity index (χ4v) is 9.67. The van der Waals surface area contributed by atoms with E-state index < -0.39 is 6.10 Å². The molecule has 0 aliphatic rings. The normalized spacial score (nSPS) is 12.5. The number of esters is 3. The summed E-state index contributed by atoms with van der Waals surface area (Å²) in [6.45, 7) is 13.8. The van der Waals surface area contributed by atoms with Crippen LogP contribution in [0.4, 0.5) is 0 Å². The van der Waals surface area contributed by atoms with Crippen LogP contribution in [0.3, 0.4) is 0 Å². The van der Waals surface area contributed by atoms with Gasteiger partial charge in [-0.1, -0.05) is 311 Å². The Bertz CT molecular complexity index is 1070. The van der Waals surface area contributed by atoms with Crippen LogP contribution in [0.5, 0.6) is 0 Å². The fourth-order valence-electron chi connectivity index (χ4n) is 9.67. The van der Waals surface area contributed by atoms with Crippen molar-refractivity contribution in [3.05, 3.63) is 0 Å². The third kappa shape index (κ3) is 55.6. The molecule has 0 amide bonds. The molecule has 2 atom stereocenters. The van der Waals surface area contributed by atoms with Crippen LogP contribution < -0.4 is 0 Å². The molecule has 0 aliphatic carbocycles. The Labute approximate surface area is 431 Å². The maximum atomic E-state index is 12.9. The van der Waals surface area contributed by atoms with Gasteiger partial charge in [-0.3, -0.25) is 14.4 Å². The maximum absolute atomic E-state index is 12.9. The van der Waals surface area contributed by atoms with Crippen molar-refractivity contribution in [1.29, 1.82) is 0 Å². The minimum absolute atomic E-state index is 0.0635. The van der Waals surface area contributed by atoms with Gasteiger partial charge in [0.2, 0.25) is 0 Å². The van der Waals surface area contributed by atoms with E-state index in [4.69, 9.17) is 14.2 Å². The Morgan fingerprint density at radius 2 is 0.507 bits per heavy atom. The molecule has 0 spiro atoms. The average Bonchev–Trinajstić information content (AvgIpc) is 3.32. The summed E-state index contributed by atoms with van der Waals surface area (Å²) in [5.41, 5.74) is 0. The van der Waals surface area contributed by atoms with Crippen molar-refractivity contribution in [2.45, 2.75) is 356 Å². The second-order valence-corrected chi connectivity index (χ2v) is 22.9. The van der Waals surface area contributed by atoms with E-state index in [0.717, 1.165) is 75.5 Å². The Balaban J connectivity index is 4.19. The summed E-state index contributed by atoms with van der Waals surface area (Å²) in [5, 5.41) is 0. The second-order valence-electron chi connectivity index (χ2n) is 22.9. The van der Waals surface area contributed by atoms with Gasteiger partial charge in [0.25, 0.3) is 0 Å². The number of unbranched alkanes of at least 4 members (excludes halogenated alkanes) is 38. The standard InChI is InChI=1S/C63H122O6/c1-7-59(6)51-45-39-33-27-23-19-15-10-8-9-11-16-20-24-28-34-40-46-52-61(64)67-55-60(56-68-62(65)53-47-41-36-30-32-38-44-50-58(4)5)69-63(66)54-48-42-35-29-25-21-17-13-12-14-18-22-26-31-37-43-49-57(2)3/h57-60H,7-56H2,1-6H3/t59?,60-/m1/s1. The molecule has 0 aromatic carbocycles. The van der Waals surface area contributed by atoms with Crippen molar-refractivity contribution in [2.75, 3.05) is 13.2 Å². The molecule has 0 saturated heterocycles. The predicted molar refractivity (Wildman–Crippen MR) is 298 cm³/mol. The van der Waals surface area contributed by atoms with E-state index in [0.29, 0.717) is 19.3 Å². The highest BCUT2D eigenvalue weighted by Gasteiger charge is 2.19. The molecule has 1 unspecified atom stereocenters. The molecule has 0 aromatic rings. The first kappa shape index (κ1) is 67.4. The van der Waals surface area contributed by atoms with Crippen LogP contribution in [-0.4, -0.2) is 37.2 Å². The van der Waals surface area contributed by atoms with Crippen molar-refractivity contribution in [3.8, 4) is 0 Å². The summed E-state index contributed by atoms with van der Waals surface area (Å²) >= 11 is 0. The van der Waals surface area contributed by atoms with Gasteiger partial charge in [-0.25, -0.2) is 0 Å². The van der Waals surface area contributed by atoms with Crippen LogP contribution in [-0.2, 0) is 28.6 Å². The van der Waals surface area contributed by atoms with Gasteiger partial charge in [0.05, 0.1) is 0 Å². The zero-order valence-electron chi connectivity index (χ0n) is 47.6. The lowest BCUT2D eigenvalue weighted by Gasteiger charge is -2.18. The summed E-state index contributed by atoms with van der Waals surface area (Å²) in [6.07, 6.45) is 58.3. The Morgan fingerprint density at radius 1 is 0.290 bits per heavy atom. The molecule has 6 heteroatoms. The molecule has 0 aliphatic heterocycles. The minimum atomic E-state index is -0.764. The van der Waals surface area contributed by atoms with E-state index in [1.165, 1.54) is 231 Å². The molecule has 6 nitrogen and oxygen atoms in total. The molecule has 0 radical (unpaired) electrons. The molecular formula is C63H122O6. The van der Waals surface area contributed by atoms with Crippen LogP contribution in [0.2, 0.25) is 0 Å². The van der Waals surface area contributed by atoms with E-state index in [1.807, 2.05) is 0 Å². The van der Waals surface area contributed by atoms with E-state index >= 15 is 0 Å². The zero-order chi connectivity index (χ0) is 50.5. The molecule has 0 heterocycles. The SMILES string of the molecule is CCC(C)CCCCCCCCCCCCCCCCCCCCC(=O)OC[C@H](COC(=O)CCCCCCCCCC(C)C)OC(=O)CCCCCCCCCCCCCCCCCCC(C)C. The number of carbonyl (C=O) groups excluding carboxylic acids is 3. The molecular weight excluding hydrogens is 853 g/mol. The van der Waals surface area contributed by atoms with Crippen molar-refractivity contribution in [2.24, 2.45) is 17.8 Å². The smallest absolute Gasteiger partial charge is 0.306 e. The lowest BCUT2D eigenvalue weighted by molar-refractivity contribution is -0.167. The van der Waals surface area contributed by atoms with Crippen molar-refractivity contribution >= 4 is 17.9 Å². The monoisotopic (exact) mass is 975 g/mol. The number of hydrogen-bond donors (Lipinski definition) is 0. The fraction of sp³-hybridized carbons (Fsp3) is 0.952. The highest BCUT2D eigenvalue weighted by atomic mass is 16.6. The Kier molecular flexibility index (Phi) is 52.9. The zero-order valence-corrected chi connectivity index (χ0v) is 47.6. The van der Waals surface area contributed by atoms with E-state index in [1.54, 1.807) is 0 Å². The molecule has 69 heavy (non-hydrogen) atoms. The highest BCUT2D eigenvalue weighted by molar-refractivity contribution is 5.71. The second kappa shape index (κ2) is 54.2. The first-order valence-electron chi connectivity index (χ1n) is 31.1. The Hall–Kier alpha value is -1.59. The average molecular weight is 976 g/mol. The van der Waals surface area contributed by atoms with Gasteiger partial charge >= 0.3 is 17.9 Å². The molecule has 410 valence electrons. The van der Waals surface area contributed by atoms with Crippen LogP contribution in [0.1, 0.15) is 350 Å². The summed E-state index contributed by atoms with van der Waals surface area (Å²) in [7, 11) is 0. The molecule has 0 bridgehead atoms. The number of hydrogen-bond acceptors (Lipinski definition) is 6. The quantitative estimate of drug-likeness (QED) is 0.0343. The van der Waals surface area contributed by atoms with E-state index in [2.05, 4.69) is 41.5 Å². The van der Waals surface area contributed by atoms with E-state index in [9.17, 15) is 14.4 Å². The largest absolute Gasteiger partial charge is 0.462 e. The summed E-state index contributed by atoms with van der Waals surface area (Å²) in [5.74, 6) is 1.70. The van der Waals surface area contributed by atoms with Gasteiger partial charge in [-0.05, 0) is 37.0 Å². The van der Waals surface area contributed by atoms with Crippen molar-refractivity contribution < 1.29 is 28.6 Å². The first-order valence-corrected chi connectivity index (χ1v) is 31.1. The van der Waals surface area contributed by atoms with Crippen LogP contribution in [0, 0.1) is 17.8 Å². The molecule has 0 fully saturated rings. The van der Waals surface area contributed by atoms with Gasteiger partial charge in [-0.15, -0.1) is 0 Å². The molecule has 0 rings (SSSR count). The van der Waals surface area contributed by atoms with E-state index in [-0.39, 0.29) is 31.1 Å². The summed E-state index contributed by atoms with van der Waals surface area (Å²) < 4.78 is 16.9. The first-order chi connectivity index (χ1) is 33.6. The lowest BCUT2D eigenvalue weighted by atomic mass is 9.99. The number of rotatable bonds is 56. The van der Waals surface area contributed by atoms with Gasteiger partial charge in [0, 0.05) is 19.3 Å². The predicted octanol–water partition coefficient (Wildman–Crippen LogP) is 20.7. The van der Waals surface area contributed by atoms with Crippen LogP contribution in [0.25, 0.3) is 0 Å². The third-order valence-electron chi connectivity index (χ3n) is 14.8. The lowest BCUT2D eigenvalue weighted by Crippen LogP contribution is -2.30. The summed E-state index contributed by atoms with van der Waals surface area (Å²) in [6, 6.07) is 0. The van der Waals surface area contributed by atoms with Crippen molar-refractivity contribution in [1.82, 2.24) is 0 Å². The van der Waals surface area contributed by atoms with Gasteiger partial charge in [0.15, 0.2) is 6.10 Å². The van der Waals surface area contributed by atoms with Crippen LogP contribution in [0.15, 0.2) is 0 Å². The molecule has 0 saturated carbocycles. The number of carbonyl (C=O) groups is 3. The van der Waals surface area contributed by atoms with Gasteiger partial charge < -0.3 is 14.2 Å². The topological polar surface area (TPSA) is 78.9 Å². The highest BCUT2D eigenvalue weighted by Crippen LogP contribution is 2.19. The van der Waals surface area contributed by atoms with Crippen LogP contribution >= 0.6 is 0 Å². The van der Waals surface area contributed by atoms with Gasteiger partial charge in [-0.2, -0.15) is 0 Å². The number of ether oxygens (including phenoxy) is 3. The molecule has 0 aromatic heterocycles. The third-order valence-corrected chi connectivity index (χ3v) is 14.8. The van der Waals surface area contributed by atoms with Crippen molar-refractivity contribution in [3.63, 3.8) is 0 Å². The van der Waals surface area contributed by atoms with Gasteiger partial charge in [0.1, 0.15) is 13.2 Å². The summed E-state index contributed by atoms with van der Waals surface area (Å²) in [4.78, 5) is 38.2. The maximum Gasteiger partial charge on any atom is 0.306 e. The molecule has 0 N–H and O–H groups in total. The Morgan fingerprint density at radius 3 is 0.754 bits per heavy atom.